The number of hydrogen-bond acceptors (Lipinski definition) is 2. The highest BCUT2D eigenvalue weighted by atomic mass is 32.2. The van der Waals surface area contributed by atoms with Crippen molar-refractivity contribution in [2.75, 3.05) is 5.75 Å². The van der Waals surface area contributed by atoms with E-state index >= 15 is 0 Å². The summed E-state index contributed by atoms with van der Waals surface area (Å²) in [6.45, 7) is 7.78. The van der Waals surface area contributed by atoms with Crippen LogP contribution in [0, 0.1) is 5.41 Å². The standard InChI is InChI=1S/C10H19NO2S/c1-4-7-14(12,13)11-9-5-6-10(2,3)8-9/h4,9,11H,1,5-8H2,2-3H3. The quantitative estimate of drug-likeness (QED) is 0.728. The van der Waals surface area contributed by atoms with E-state index in [2.05, 4.69) is 25.1 Å². The van der Waals surface area contributed by atoms with Gasteiger partial charge in [0.2, 0.25) is 10.0 Å². The topological polar surface area (TPSA) is 46.2 Å². The van der Waals surface area contributed by atoms with Crippen molar-refractivity contribution in [3.8, 4) is 0 Å². The highest BCUT2D eigenvalue weighted by Gasteiger charge is 2.32. The summed E-state index contributed by atoms with van der Waals surface area (Å²) in [6, 6.07) is 0.120. The number of sulfonamides is 1. The Hall–Kier alpha value is -0.350. The van der Waals surface area contributed by atoms with Crippen molar-refractivity contribution in [2.45, 2.75) is 39.2 Å². The monoisotopic (exact) mass is 217 g/mol. The lowest BCUT2D eigenvalue weighted by Gasteiger charge is -2.17. The molecule has 0 radical (unpaired) electrons. The summed E-state index contributed by atoms with van der Waals surface area (Å²) >= 11 is 0. The molecule has 0 aromatic heterocycles. The Morgan fingerprint density at radius 3 is 2.64 bits per heavy atom. The van der Waals surface area contributed by atoms with Crippen molar-refractivity contribution >= 4 is 10.0 Å². The summed E-state index contributed by atoms with van der Waals surface area (Å²) in [5.74, 6) is 0.0178. The average molecular weight is 217 g/mol. The van der Waals surface area contributed by atoms with Gasteiger partial charge in [0.25, 0.3) is 0 Å². The maximum Gasteiger partial charge on any atom is 0.215 e. The zero-order chi connectivity index (χ0) is 10.8. The van der Waals surface area contributed by atoms with Crippen LogP contribution in [0.1, 0.15) is 33.1 Å². The normalized spacial score (nSPS) is 26.3. The molecular formula is C10H19NO2S. The van der Waals surface area contributed by atoms with Crippen LogP contribution in [0.4, 0.5) is 0 Å². The molecule has 1 N–H and O–H groups in total. The minimum atomic E-state index is -3.13. The molecule has 82 valence electrons. The van der Waals surface area contributed by atoms with E-state index in [4.69, 9.17) is 0 Å². The Kier molecular flexibility index (Phi) is 3.37. The van der Waals surface area contributed by atoms with Crippen molar-refractivity contribution in [3.63, 3.8) is 0 Å². The maximum atomic E-state index is 11.4. The SMILES string of the molecule is C=CCS(=O)(=O)NC1CCC(C)(C)C1. The molecule has 1 atom stereocenters. The van der Waals surface area contributed by atoms with E-state index in [1.165, 1.54) is 6.08 Å². The first-order valence-electron chi connectivity index (χ1n) is 4.95. The third kappa shape index (κ3) is 3.42. The van der Waals surface area contributed by atoms with Crippen molar-refractivity contribution in [1.29, 1.82) is 0 Å². The van der Waals surface area contributed by atoms with Crippen LogP contribution in [0.15, 0.2) is 12.7 Å². The number of nitrogens with one attached hydrogen (secondary N) is 1. The Bertz CT molecular complexity index is 306. The maximum absolute atomic E-state index is 11.4. The highest BCUT2D eigenvalue weighted by molar-refractivity contribution is 7.89. The van der Waals surface area contributed by atoms with Crippen LogP contribution < -0.4 is 4.72 Å². The van der Waals surface area contributed by atoms with E-state index in [1.54, 1.807) is 0 Å². The van der Waals surface area contributed by atoms with E-state index in [9.17, 15) is 8.42 Å². The van der Waals surface area contributed by atoms with Crippen LogP contribution in [-0.2, 0) is 10.0 Å². The molecule has 4 heteroatoms. The molecule has 0 amide bonds. The molecule has 1 rings (SSSR count). The van der Waals surface area contributed by atoms with Gasteiger partial charge in [0, 0.05) is 6.04 Å². The Morgan fingerprint density at radius 1 is 1.57 bits per heavy atom. The molecule has 1 fully saturated rings. The predicted octanol–water partition coefficient (Wildman–Crippen LogP) is 1.67. The number of hydrogen-bond donors (Lipinski definition) is 1. The minimum absolute atomic E-state index is 0.0178. The lowest BCUT2D eigenvalue weighted by Crippen LogP contribution is -2.34. The largest absolute Gasteiger partial charge is 0.215 e. The van der Waals surface area contributed by atoms with Gasteiger partial charge in [0.05, 0.1) is 5.75 Å². The van der Waals surface area contributed by atoms with E-state index in [0.717, 1.165) is 19.3 Å². The van der Waals surface area contributed by atoms with Crippen molar-refractivity contribution in [2.24, 2.45) is 5.41 Å². The summed E-state index contributed by atoms with van der Waals surface area (Å²) in [5, 5.41) is 0. The molecule has 14 heavy (non-hydrogen) atoms. The summed E-state index contributed by atoms with van der Waals surface area (Å²) < 4.78 is 25.5. The van der Waals surface area contributed by atoms with Crippen LogP contribution in [0.2, 0.25) is 0 Å². The number of rotatable bonds is 4. The minimum Gasteiger partial charge on any atom is -0.212 e. The van der Waals surface area contributed by atoms with Gasteiger partial charge in [-0.1, -0.05) is 19.9 Å². The van der Waals surface area contributed by atoms with E-state index in [1.807, 2.05) is 0 Å². The lowest BCUT2D eigenvalue weighted by atomic mass is 9.92. The second-order valence-corrected chi connectivity index (χ2v) is 6.59. The average Bonchev–Trinajstić information content (AvgIpc) is 2.28. The first kappa shape index (κ1) is 11.7. The fourth-order valence-electron chi connectivity index (χ4n) is 1.99. The summed E-state index contributed by atoms with van der Waals surface area (Å²) in [5.41, 5.74) is 0.279. The smallest absolute Gasteiger partial charge is 0.212 e. The van der Waals surface area contributed by atoms with Gasteiger partial charge in [-0.15, -0.1) is 6.58 Å². The first-order chi connectivity index (χ1) is 6.35. The molecule has 3 nitrogen and oxygen atoms in total. The van der Waals surface area contributed by atoms with Gasteiger partial charge < -0.3 is 0 Å². The molecule has 0 bridgehead atoms. The summed E-state index contributed by atoms with van der Waals surface area (Å²) in [7, 11) is -3.13. The van der Waals surface area contributed by atoms with Crippen molar-refractivity contribution in [3.05, 3.63) is 12.7 Å². The van der Waals surface area contributed by atoms with Crippen molar-refractivity contribution in [1.82, 2.24) is 4.72 Å². The zero-order valence-corrected chi connectivity index (χ0v) is 9.73. The van der Waals surface area contributed by atoms with Gasteiger partial charge >= 0.3 is 0 Å². The Balaban J connectivity index is 2.51. The van der Waals surface area contributed by atoms with Crippen LogP contribution in [0.5, 0.6) is 0 Å². The molecule has 1 aliphatic rings. The molecule has 1 aliphatic carbocycles. The van der Waals surface area contributed by atoms with Crippen molar-refractivity contribution < 1.29 is 8.42 Å². The second kappa shape index (κ2) is 4.03. The fourth-order valence-corrected chi connectivity index (χ4v) is 3.11. The van der Waals surface area contributed by atoms with Crippen LogP contribution in [0.3, 0.4) is 0 Å². The third-order valence-electron chi connectivity index (χ3n) is 2.65. The summed E-state index contributed by atoms with van der Waals surface area (Å²) in [6.07, 6.45) is 4.39. The van der Waals surface area contributed by atoms with Gasteiger partial charge in [-0.05, 0) is 24.7 Å². The zero-order valence-electron chi connectivity index (χ0n) is 8.91. The molecule has 0 spiro atoms. The van der Waals surface area contributed by atoms with E-state index in [-0.39, 0.29) is 17.2 Å². The van der Waals surface area contributed by atoms with Gasteiger partial charge in [-0.25, -0.2) is 13.1 Å². The Morgan fingerprint density at radius 2 is 2.21 bits per heavy atom. The Labute approximate surface area is 86.6 Å². The summed E-state index contributed by atoms with van der Waals surface area (Å²) in [4.78, 5) is 0. The highest BCUT2D eigenvalue weighted by Crippen LogP contribution is 2.37. The molecule has 0 heterocycles. The molecule has 1 unspecified atom stereocenters. The molecule has 0 saturated heterocycles. The van der Waals surface area contributed by atoms with Gasteiger partial charge in [0.1, 0.15) is 0 Å². The molecule has 0 aromatic carbocycles. The van der Waals surface area contributed by atoms with Crippen LogP contribution >= 0.6 is 0 Å². The van der Waals surface area contributed by atoms with Gasteiger partial charge in [-0.2, -0.15) is 0 Å². The van der Waals surface area contributed by atoms with Crippen LogP contribution in [0.25, 0.3) is 0 Å². The third-order valence-corrected chi connectivity index (χ3v) is 4.02. The van der Waals surface area contributed by atoms with Gasteiger partial charge in [-0.3, -0.25) is 0 Å². The lowest BCUT2D eigenvalue weighted by molar-refractivity contribution is 0.372. The fraction of sp³-hybridized carbons (Fsp3) is 0.800. The van der Waals surface area contributed by atoms with Crippen LogP contribution in [-0.4, -0.2) is 20.2 Å². The van der Waals surface area contributed by atoms with E-state index < -0.39 is 10.0 Å². The second-order valence-electron chi connectivity index (χ2n) is 4.79. The molecule has 0 aliphatic heterocycles. The predicted molar refractivity (Wildman–Crippen MR) is 58.5 cm³/mol. The molecule has 1 saturated carbocycles. The van der Waals surface area contributed by atoms with E-state index in [0.29, 0.717) is 0 Å². The molecular weight excluding hydrogens is 198 g/mol. The molecule has 0 aromatic rings. The first-order valence-corrected chi connectivity index (χ1v) is 6.61. The van der Waals surface area contributed by atoms with Gasteiger partial charge in [0.15, 0.2) is 0 Å².